The van der Waals surface area contributed by atoms with E-state index in [2.05, 4.69) is 106 Å². The third-order valence-electron chi connectivity index (χ3n) is 7.71. The van der Waals surface area contributed by atoms with Crippen LogP contribution >= 0.6 is 0 Å². The van der Waals surface area contributed by atoms with Crippen LogP contribution in [0.5, 0.6) is 11.5 Å². The topological polar surface area (TPSA) is 31.4 Å². The molecule has 2 bridgehead atoms. The summed E-state index contributed by atoms with van der Waals surface area (Å²) in [5.74, 6) is 1.97. The highest BCUT2D eigenvalue weighted by Gasteiger charge is 2.35. The van der Waals surface area contributed by atoms with Gasteiger partial charge in [-0.1, -0.05) is 54.6 Å². The van der Waals surface area contributed by atoms with Gasteiger partial charge in [-0.3, -0.25) is 19.6 Å². The summed E-state index contributed by atoms with van der Waals surface area (Å²) in [6, 6.07) is 26.4. The fraction of sp³-hybridized carbons (Fsp3) is 0.400. The zero-order chi connectivity index (χ0) is 24.5. The van der Waals surface area contributed by atoms with Crippen molar-refractivity contribution in [1.82, 2.24) is 19.6 Å². The molecule has 0 N–H and O–H groups in total. The summed E-state index contributed by atoms with van der Waals surface area (Å²) in [4.78, 5) is 10.1. The van der Waals surface area contributed by atoms with Crippen LogP contribution in [-0.4, -0.2) is 73.2 Å². The van der Waals surface area contributed by atoms with E-state index in [4.69, 9.17) is 9.47 Å². The molecule has 6 heteroatoms. The molecular formula is C30H36N4O2. The molecule has 3 aliphatic heterocycles. The summed E-state index contributed by atoms with van der Waals surface area (Å²) in [6.07, 6.45) is 0. The predicted molar refractivity (Wildman–Crippen MR) is 142 cm³/mol. The van der Waals surface area contributed by atoms with E-state index in [-0.39, 0.29) is 0 Å². The van der Waals surface area contributed by atoms with Gasteiger partial charge in [0.1, 0.15) is 24.7 Å². The minimum Gasteiger partial charge on any atom is -0.489 e. The molecule has 0 amide bonds. The first-order chi connectivity index (χ1) is 17.6. The maximum Gasteiger partial charge on any atom is 0.124 e. The molecule has 2 saturated heterocycles. The molecule has 0 aromatic heterocycles. The molecule has 3 aromatic rings. The predicted octanol–water partition coefficient (Wildman–Crippen LogP) is 4.35. The minimum atomic E-state index is 0.322. The van der Waals surface area contributed by atoms with E-state index in [9.17, 15) is 0 Å². The first-order valence-electron chi connectivity index (χ1n) is 13.0. The van der Waals surface area contributed by atoms with Crippen LogP contribution in [0.2, 0.25) is 0 Å². The maximum absolute atomic E-state index is 6.43. The summed E-state index contributed by atoms with van der Waals surface area (Å²) in [5, 5.41) is 0. The molecule has 3 aliphatic rings. The number of hydrogen-bond acceptors (Lipinski definition) is 6. The van der Waals surface area contributed by atoms with Gasteiger partial charge in [0.15, 0.2) is 0 Å². The lowest BCUT2D eigenvalue weighted by atomic mass is 10.0. The van der Waals surface area contributed by atoms with E-state index in [0.29, 0.717) is 25.3 Å². The van der Waals surface area contributed by atoms with E-state index in [1.165, 1.54) is 11.1 Å². The molecule has 0 saturated carbocycles. The van der Waals surface area contributed by atoms with Gasteiger partial charge >= 0.3 is 0 Å². The molecule has 0 radical (unpaired) electrons. The molecular weight excluding hydrogens is 448 g/mol. The molecule has 0 aliphatic carbocycles. The third kappa shape index (κ3) is 4.87. The Labute approximate surface area is 214 Å². The van der Waals surface area contributed by atoms with Crippen molar-refractivity contribution in [2.75, 3.05) is 53.6 Å². The Morgan fingerprint density at radius 1 is 0.611 bits per heavy atom. The van der Waals surface area contributed by atoms with Crippen LogP contribution in [0.1, 0.15) is 34.3 Å². The van der Waals surface area contributed by atoms with Crippen molar-refractivity contribution in [1.29, 1.82) is 0 Å². The fourth-order valence-corrected chi connectivity index (χ4v) is 5.96. The summed E-state index contributed by atoms with van der Waals surface area (Å²) in [6.45, 7) is 7.07. The van der Waals surface area contributed by atoms with Gasteiger partial charge in [-0.05, 0) is 43.4 Å². The van der Waals surface area contributed by atoms with Gasteiger partial charge in [-0.15, -0.1) is 0 Å². The van der Waals surface area contributed by atoms with E-state index < -0.39 is 0 Å². The normalized spacial score (nSPS) is 24.1. The smallest absolute Gasteiger partial charge is 0.124 e. The van der Waals surface area contributed by atoms with Crippen molar-refractivity contribution in [2.24, 2.45) is 0 Å². The first-order valence-corrected chi connectivity index (χ1v) is 13.0. The molecule has 36 heavy (non-hydrogen) atoms. The summed E-state index contributed by atoms with van der Waals surface area (Å²) in [5.41, 5.74) is 4.89. The molecule has 6 rings (SSSR count). The van der Waals surface area contributed by atoms with Crippen LogP contribution in [0, 0.1) is 0 Å². The highest BCUT2D eigenvalue weighted by molar-refractivity contribution is 5.39. The van der Waals surface area contributed by atoms with Crippen LogP contribution in [0.15, 0.2) is 72.8 Å². The Bertz CT molecular complexity index is 1110. The van der Waals surface area contributed by atoms with Gasteiger partial charge in [-0.25, -0.2) is 0 Å². The number of ether oxygens (including phenoxy) is 2. The van der Waals surface area contributed by atoms with Crippen molar-refractivity contribution in [3.05, 3.63) is 95.1 Å². The van der Waals surface area contributed by atoms with E-state index in [0.717, 1.165) is 62.1 Å². The van der Waals surface area contributed by atoms with Crippen LogP contribution < -0.4 is 9.47 Å². The number of rotatable bonds is 0. The number of para-hydroxylation sites is 2. The number of hydrogen-bond donors (Lipinski definition) is 0. The maximum atomic E-state index is 6.43. The average Bonchev–Trinajstić information content (AvgIpc) is 3.46. The Kier molecular flexibility index (Phi) is 6.67. The van der Waals surface area contributed by atoms with Gasteiger partial charge in [0, 0.05) is 37.3 Å². The Morgan fingerprint density at radius 2 is 1.08 bits per heavy atom. The minimum absolute atomic E-state index is 0.322. The van der Waals surface area contributed by atoms with Crippen LogP contribution in [-0.2, 0) is 13.2 Å². The van der Waals surface area contributed by atoms with E-state index >= 15 is 0 Å². The van der Waals surface area contributed by atoms with E-state index in [1.54, 1.807) is 0 Å². The van der Waals surface area contributed by atoms with Gasteiger partial charge in [-0.2, -0.15) is 0 Å². The number of benzene rings is 3. The van der Waals surface area contributed by atoms with Gasteiger partial charge < -0.3 is 9.47 Å². The standard InChI is InChI=1S/C30H36N4O2/c1-31-17-27-25-10-3-5-12-29(25)35-19-23-8-7-9-24(16-23)20-36-30-13-6-4-11-26(30)28-18-32(2)22-34(28)15-14-33(27)21-31/h3-13,16,27-28H,14-15,17-22H2,1-2H3. The molecule has 2 fully saturated rings. The highest BCUT2D eigenvalue weighted by Crippen LogP contribution is 2.36. The van der Waals surface area contributed by atoms with Crippen molar-refractivity contribution in [3.63, 3.8) is 0 Å². The molecule has 2 unspecified atom stereocenters. The first kappa shape index (κ1) is 23.5. The number of nitrogens with zero attached hydrogens (tertiary/aromatic N) is 4. The van der Waals surface area contributed by atoms with Crippen molar-refractivity contribution >= 4 is 0 Å². The fourth-order valence-electron chi connectivity index (χ4n) is 5.96. The number of fused-ring (bicyclic) bond motifs is 8. The Balaban J connectivity index is 1.37. The third-order valence-corrected chi connectivity index (χ3v) is 7.71. The molecule has 3 heterocycles. The lowest BCUT2D eigenvalue weighted by molar-refractivity contribution is 0.166. The van der Waals surface area contributed by atoms with Crippen molar-refractivity contribution in [2.45, 2.75) is 25.3 Å². The van der Waals surface area contributed by atoms with Gasteiger partial charge in [0.05, 0.1) is 25.4 Å². The van der Waals surface area contributed by atoms with Crippen molar-refractivity contribution in [3.8, 4) is 11.5 Å². The largest absolute Gasteiger partial charge is 0.489 e. The lowest BCUT2D eigenvalue weighted by Gasteiger charge is -2.30. The molecule has 6 nitrogen and oxygen atoms in total. The molecule has 2 atom stereocenters. The molecule has 0 spiro atoms. The van der Waals surface area contributed by atoms with Crippen LogP contribution in [0.4, 0.5) is 0 Å². The molecule has 3 aromatic carbocycles. The summed E-state index contributed by atoms with van der Waals surface area (Å²) in [7, 11) is 4.43. The lowest BCUT2D eigenvalue weighted by Crippen LogP contribution is -2.36. The Hall–Kier alpha value is -2.90. The zero-order valence-corrected chi connectivity index (χ0v) is 21.3. The SMILES string of the molecule is CN1CC2c3ccccc3OCc3cccc(c3)COc3ccccc3C3CN(C)CN3CCN2C1. The van der Waals surface area contributed by atoms with Gasteiger partial charge in [0.2, 0.25) is 0 Å². The second-order valence-electron chi connectivity index (χ2n) is 10.5. The van der Waals surface area contributed by atoms with E-state index in [1.807, 2.05) is 0 Å². The monoisotopic (exact) mass is 484 g/mol. The Morgan fingerprint density at radius 3 is 1.58 bits per heavy atom. The summed E-state index contributed by atoms with van der Waals surface area (Å²) < 4.78 is 12.9. The zero-order valence-electron chi connectivity index (χ0n) is 21.3. The van der Waals surface area contributed by atoms with Gasteiger partial charge in [0.25, 0.3) is 0 Å². The highest BCUT2D eigenvalue weighted by atomic mass is 16.5. The average molecular weight is 485 g/mol. The van der Waals surface area contributed by atoms with Crippen LogP contribution in [0.3, 0.4) is 0 Å². The second kappa shape index (κ2) is 10.2. The summed E-state index contributed by atoms with van der Waals surface area (Å²) >= 11 is 0. The van der Waals surface area contributed by atoms with Crippen LogP contribution in [0.25, 0.3) is 0 Å². The quantitative estimate of drug-likeness (QED) is 0.472. The number of likely N-dealkylation sites (N-methyl/N-ethyl adjacent to an activating group) is 2. The van der Waals surface area contributed by atoms with Crippen molar-refractivity contribution < 1.29 is 9.47 Å². The molecule has 188 valence electrons. The second-order valence-corrected chi connectivity index (χ2v) is 10.5.